The fraction of sp³-hybridized carbons (Fsp3) is 0.562. The van der Waals surface area contributed by atoms with Crippen LogP contribution in [0.3, 0.4) is 0 Å². The quantitative estimate of drug-likeness (QED) is 0.795. The second-order valence-electron chi connectivity index (χ2n) is 5.59. The first-order valence-corrected chi connectivity index (χ1v) is 8.65. The maximum atomic E-state index is 12.6. The van der Waals surface area contributed by atoms with Crippen LogP contribution < -0.4 is 0 Å². The largest absolute Gasteiger partial charge is 0.339 e. The van der Waals surface area contributed by atoms with Gasteiger partial charge in [0, 0.05) is 30.7 Å². The average molecular weight is 374 g/mol. The van der Waals surface area contributed by atoms with Gasteiger partial charge in [-0.05, 0) is 53.9 Å². The standard InChI is InChI=1S/C16H22BrClN2O/c1-3-9-20-10-7-12(8-11-20)19(2)16(21)13-5-4-6-14(17)15(13)18/h4-6,12H,3,7-11H2,1-2H3. The van der Waals surface area contributed by atoms with Gasteiger partial charge in [-0.2, -0.15) is 0 Å². The van der Waals surface area contributed by atoms with Crippen molar-refractivity contribution in [3.05, 3.63) is 33.3 Å². The molecule has 0 saturated carbocycles. The van der Waals surface area contributed by atoms with E-state index in [1.807, 2.05) is 24.1 Å². The number of nitrogens with zero attached hydrogens (tertiary/aromatic N) is 2. The smallest absolute Gasteiger partial charge is 0.255 e. The molecule has 1 fully saturated rings. The van der Waals surface area contributed by atoms with Gasteiger partial charge >= 0.3 is 0 Å². The molecule has 5 heteroatoms. The number of hydrogen-bond donors (Lipinski definition) is 0. The molecule has 1 aromatic carbocycles. The Bertz CT molecular complexity index is 501. The van der Waals surface area contributed by atoms with Crippen LogP contribution in [0.15, 0.2) is 22.7 Å². The lowest BCUT2D eigenvalue weighted by Crippen LogP contribution is -2.45. The van der Waals surface area contributed by atoms with Gasteiger partial charge in [0.05, 0.1) is 10.6 Å². The van der Waals surface area contributed by atoms with E-state index in [2.05, 4.69) is 27.8 Å². The van der Waals surface area contributed by atoms with E-state index < -0.39 is 0 Å². The highest BCUT2D eigenvalue weighted by atomic mass is 79.9. The van der Waals surface area contributed by atoms with Crippen molar-refractivity contribution in [2.45, 2.75) is 32.2 Å². The summed E-state index contributed by atoms with van der Waals surface area (Å²) in [5.41, 5.74) is 0.574. The van der Waals surface area contributed by atoms with Gasteiger partial charge in [0.15, 0.2) is 0 Å². The minimum atomic E-state index is 0.00948. The molecular weight excluding hydrogens is 352 g/mol. The summed E-state index contributed by atoms with van der Waals surface area (Å²) < 4.78 is 0.765. The number of benzene rings is 1. The highest BCUT2D eigenvalue weighted by Gasteiger charge is 2.26. The lowest BCUT2D eigenvalue weighted by Gasteiger charge is -2.36. The van der Waals surface area contributed by atoms with Crippen LogP contribution in [0, 0.1) is 0 Å². The highest BCUT2D eigenvalue weighted by Crippen LogP contribution is 2.28. The second kappa shape index (κ2) is 7.61. The lowest BCUT2D eigenvalue weighted by atomic mass is 10.0. The van der Waals surface area contributed by atoms with Crippen molar-refractivity contribution in [3.8, 4) is 0 Å². The normalized spacial score (nSPS) is 17.0. The van der Waals surface area contributed by atoms with Crippen molar-refractivity contribution in [1.29, 1.82) is 0 Å². The van der Waals surface area contributed by atoms with Crippen LogP contribution >= 0.6 is 27.5 Å². The van der Waals surface area contributed by atoms with Gasteiger partial charge < -0.3 is 9.80 Å². The summed E-state index contributed by atoms with van der Waals surface area (Å²) in [5, 5.41) is 0.498. The third kappa shape index (κ3) is 3.99. The Labute approximate surface area is 140 Å². The molecule has 3 nitrogen and oxygen atoms in total. The number of hydrogen-bond acceptors (Lipinski definition) is 2. The molecule has 0 aliphatic carbocycles. The molecule has 0 atom stereocenters. The number of carbonyl (C=O) groups is 1. The second-order valence-corrected chi connectivity index (χ2v) is 6.82. The number of amides is 1. The van der Waals surface area contributed by atoms with Crippen LogP contribution in [-0.2, 0) is 0 Å². The maximum Gasteiger partial charge on any atom is 0.255 e. The monoisotopic (exact) mass is 372 g/mol. The van der Waals surface area contributed by atoms with Crippen molar-refractivity contribution in [3.63, 3.8) is 0 Å². The van der Waals surface area contributed by atoms with Gasteiger partial charge in [-0.15, -0.1) is 0 Å². The Morgan fingerprint density at radius 3 is 2.71 bits per heavy atom. The molecule has 116 valence electrons. The Balaban J connectivity index is 2.02. The SMILES string of the molecule is CCCN1CCC(N(C)C(=O)c2cccc(Br)c2Cl)CC1. The molecule has 21 heavy (non-hydrogen) atoms. The Hall–Kier alpha value is -0.580. The topological polar surface area (TPSA) is 23.6 Å². The van der Waals surface area contributed by atoms with Crippen LogP contribution in [0.25, 0.3) is 0 Å². The molecule has 1 saturated heterocycles. The lowest BCUT2D eigenvalue weighted by molar-refractivity contribution is 0.0643. The highest BCUT2D eigenvalue weighted by molar-refractivity contribution is 9.10. The maximum absolute atomic E-state index is 12.6. The van der Waals surface area contributed by atoms with Crippen molar-refractivity contribution >= 4 is 33.4 Å². The van der Waals surface area contributed by atoms with Gasteiger partial charge in [0.2, 0.25) is 0 Å². The zero-order valence-corrected chi connectivity index (χ0v) is 15.0. The number of rotatable bonds is 4. The van der Waals surface area contributed by atoms with E-state index in [1.54, 1.807) is 6.07 Å². The van der Waals surface area contributed by atoms with Crippen LogP contribution in [0.1, 0.15) is 36.5 Å². The third-order valence-corrected chi connectivity index (χ3v) is 5.44. The molecule has 0 radical (unpaired) electrons. The molecule has 0 aromatic heterocycles. The van der Waals surface area contributed by atoms with E-state index in [-0.39, 0.29) is 5.91 Å². The van der Waals surface area contributed by atoms with E-state index in [1.165, 1.54) is 6.42 Å². The Kier molecular flexibility index (Phi) is 6.08. The van der Waals surface area contributed by atoms with E-state index in [0.717, 1.165) is 36.9 Å². The summed E-state index contributed by atoms with van der Waals surface area (Å²) >= 11 is 9.61. The molecule has 1 aliphatic heterocycles. The van der Waals surface area contributed by atoms with Crippen molar-refractivity contribution in [2.75, 3.05) is 26.7 Å². The summed E-state index contributed by atoms with van der Waals surface area (Å²) in [5.74, 6) is 0.00948. The van der Waals surface area contributed by atoms with Crippen LogP contribution in [-0.4, -0.2) is 48.4 Å². The molecule has 1 aromatic rings. The first kappa shape index (κ1) is 16.8. The Morgan fingerprint density at radius 1 is 1.43 bits per heavy atom. The Morgan fingerprint density at radius 2 is 2.10 bits per heavy atom. The number of likely N-dealkylation sites (tertiary alicyclic amines) is 1. The molecule has 1 amide bonds. The van der Waals surface area contributed by atoms with Crippen LogP contribution in [0.2, 0.25) is 5.02 Å². The molecule has 0 bridgehead atoms. The molecule has 1 heterocycles. The third-order valence-electron chi connectivity index (χ3n) is 4.15. The first-order chi connectivity index (χ1) is 10.0. The van der Waals surface area contributed by atoms with Crippen LogP contribution in [0.5, 0.6) is 0 Å². The zero-order chi connectivity index (χ0) is 15.4. The van der Waals surface area contributed by atoms with E-state index in [9.17, 15) is 4.79 Å². The van der Waals surface area contributed by atoms with Gasteiger partial charge in [-0.25, -0.2) is 0 Å². The van der Waals surface area contributed by atoms with Crippen molar-refractivity contribution in [2.24, 2.45) is 0 Å². The zero-order valence-electron chi connectivity index (χ0n) is 12.6. The average Bonchev–Trinajstić information content (AvgIpc) is 2.50. The minimum absolute atomic E-state index is 0.00948. The number of piperidine rings is 1. The number of carbonyl (C=O) groups excluding carboxylic acids is 1. The number of halogens is 2. The van der Waals surface area contributed by atoms with Gasteiger partial charge in [0.1, 0.15) is 0 Å². The summed E-state index contributed by atoms with van der Waals surface area (Å²) in [6.45, 7) is 5.50. The van der Waals surface area contributed by atoms with Gasteiger partial charge in [-0.1, -0.05) is 24.6 Å². The molecule has 2 rings (SSSR count). The van der Waals surface area contributed by atoms with Gasteiger partial charge in [-0.3, -0.25) is 4.79 Å². The summed E-state index contributed by atoms with van der Waals surface area (Å²) in [4.78, 5) is 17.0. The van der Waals surface area contributed by atoms with Crippen molar-refractivity contribution in [1.82, 2.24) is 9.80 Å². The van der Waals surface area contributed by atoms with E-state index in [4.69, 9.17) is 11.6 Å². The van der Waals surface area contributed by atoms with E-state index >= 15 is 0 Å². The summed E-state index contributed by atoms with van der Waals surface area (Å²) in [7, 11) is 1.89. The van der Waals surface area contributed by atoms with Crippen molar-refractivity contribution < 1.29 is 4.79 Å². The predicted molar refractivity (Wildman–Crippen MR) is 91.0 cm³/mol. The van der Waals surface area contributed by atoms with E-state index in [0.29, 0.717) is 16.6 Å². The molecule has 1 aliphatic rings. The van der Waals surface area contributed by atoms with Gasteiger partial charge in [0.25, 0.3) is 5.91 Å². The molecule has 0 N–H and O–H groups in total. The first-order valence-electron chi connectivity index (χ1n) is 7.48. The fourth-order valence-electron chi connectivity index (χ4n) is 2.87. The minimum Gasteiger partial charge on any atom is -0.339 e. The molecule has 0 spiro atoms. The summed E-state index contributed by atoms with van der Waals surface area (Å²) in [6, 6.07) is 5.79. The molecule has 0 unspecified atom stereocenters. The van der Waals surface area contributed by atoms with Crippen LogP contribution in [0.4, 0.5) is 0 Å². The fourth-order valence-corrected chi connectivity index (χ4v) is 3.44. The summed E-state index contributed by atoms with van der Waals surface area (Å²) in [6.07, 6.45) is 3.26. The predicted octanol–water partition coefficient (Wildman–Crippen LogP) is 4.05. The molecular formula is C16H22BrClN2O.